The molecule has 0 aliphatic heterocycles. The van der Waals surface area contributed by atoms with E-state index in [9.17, 15) is 0 Å². The van der Waals surface area contributed by atoms with Gasteiger partial charge in [0.15, 0.2) is 0 Å². The van der Waals surface area contributed by atoms with Gasteiger partial charge in [0.25, 0.3) is 0 Å². The smallest absolute Gasteiger partial charge is 0.220 e. The standard InChI is InChI=1S/C11H10BrN3/c12-9-7-14-11(13)15-10(9)6-8-4-2-1-3-5-8/h1-5,7H,6H2,(H2,13,14,15). The maximum Gasteiger partial charge on any atom is 0.220 e. The number of nitrogens with zero attached hydrogens (tertiary/aromatic N) is 2. The zero-order valence-corrected chi connectivity index (χ0v) is 9.61. The molecule has 0 aliphatic rings. The summed E-state index contributed by atoms with van der Waals surface area (Å²) in [5.41, 5.74) is 7.65. The summed E-state index contributed by atoms with van der Waals surface area (Å²) in [6.45, 7) is 0. The molecular formula is C11H10BrN3. The molecule has 76 valence electrons. The van der Waals surface area contributed by atoms with E-state index in [2.05, 4.69) is 38.0 Å². The lowest BCUT2D eigenvalue weighted by atomic mass is 10.1. The maximum absolute atomic E-state index is 5.54. The molecule has 0 spiro atoms. The normalized spacial score (nSPS) is 10.2. The molecule has 15 heavy (non-hydrogen) atoms. The second-order valence-corrected chi connectivity index (χ2v) is 4.04. The SMILES string of the molecule is Nc1ncc(Br)c(Cc2ccccc2)n1. The molecule has 0 radical (unpaired) electrons. The van der Waals surface area contributed by atoms with Gasteiger partial charge in [-0.2, -0.15) is 0 Å². The van der Waals surface area contributed by atoms with Gasteiger partial charge in [0.2, 0.25) is 5.95 Å². The Bertz CT molecular complexity index is 457. The van der Waals surface area contributed by atoms with Crippen LogP contribution >= 0.6 is 15.9 Å². The Kier molecular flexibility index (Phi) is 2.97. The summed E-state index contributed by atoms with van der Waals surface area (Å²) >= 11 is 3.41. The second-order valence-electron chi connectivity index (χ2n) is 3.19. The summed E-state index contributed by atoms with van der Waals surface area (Å²) in [6, 6.07) is 10.1. The zero-order chi connectivity index (χ0) is 10.7. The van der Waals surface area contributed by atoms with Crippen LogP contribution in [-0.4, -0.2) is 9.97 Å². The van der Waals surface area contributed by atoms with Crippen molar-refractivity contribution in [1.29, 1.82) is 0 Å². The number of nitrogen functional groups attached to an aromatic ring is 1. The van der Waals surface area contributed by atoms with Crippen LogP contribution in [0.4, 0.5) is 5.95 Å². The number of aromatic nitrogens is 2. The average Bonchev–Trinajstić information content (AvgIpc) is 2.25. The molecule has 0 unspecified atom stereocenters. The van der Waals surface area contributed by atoms with Crippen molar-refractivity contribution in [3.05, 3.63) is 52.3 Å². The van der Waals surface area contributed by atoms with Crippen LogP contribution in [0.25, 0.3) is 0 Å². The van der Waals surface area contributed by atoms with Gasteiger partial charge in [0, 0.05) is 12.6 Å². The minimum atomic E-state index is 0.309. The van der Waals surface area contributed by atoms with Crippen molar-refractivity contribution in [3.63, 3.8) is 0 Å². The Morgan fingerprint density at radius 2 is 1.93 bits per heavy atom. The van der Waals surface area contributed by atoms with Crippen molar-refractivity contribution in [3.8, 4) is 0 Å². The van der Waals surface area contributed by atoms with E-state index in [4.69, 9.17) is 5.73 Å². The fraction of sp³-hybridized carbons (Fsp3) is 0.0909. The molecule has 0 saturated heterocycles. The highest BCUT2D eigenvalue weighted by Crippen LogP contribution is 2.17. The van der Waals surface area contributed by atoms with Crippen LogP contribution in [0.5, 0.6) is 0 Å². The molecule has 0 saturated carbocycles. The molecule has 2 N–H and O–H groups in total. The lowest BCUT2D eigenvalue weighted by Gasteiger charge is -2.03. The van der Waals surface area contributed by atoms with Crippen LogP contribution in [0, 0.1) is 0 Å². The Morgan fingerprint density at radius 1 is 1.20 bits per heavy atom. The van der Waals surface area contributed by atoms with Crippen LogP contribution in [0.3, 0.4) is 0 Å². The lowest BCUT2D eigenvalue weighted by Crippen LogP contribution is -2.00. The van der Waals surface area contributed by atoms with Crippen LogP contribution in [-0.2, 0) is 6.42 Å². The lowest BCUT2D eigenvalue weighted by molar-refractivity contribution is 1.02. The molecular weight excluding hydrogens is 254 g/mol. The van der Waals surface area contributed by atoms with Crippen LogP contribution in [0.15, 0.2) is 41.0 Å². The number of benzene rings is 1. The summed E-state index contributed by atoms with van der Waals surface area (Å²) in [6.07, 6.45) is 2.44. The zero-order valence-electron chi connectivity index (χ0n) is 8.02. The first kappa shape index (κ1) is 10.1. The first-order valence-corrected chi connectivity index (χ1v) is 5.36. The molecule has 0 bridgehead atoms. The highest BCUT2D eigenvalue weighted by molar-refractivity contribution is 9.10. The molecule has 1 aromatic carbocycles. The summed E-state index contributed by atoms with van der Waals surface area (Å²) in [5, 5.41) is 0. The highest BCUT2D eigenvalue weighted by atomic mass is 79.9. The van der Waals surface area contributed by atoms with Gasteiger partial charge < -0.3 is 5.73 Å². The minimum Gasteiger partial charge on any atom is -0.368 e. The number of rotatable bonds is 2. The molecule has 2 aromatic rings. The first-order valence-electron chi connectivity index (χ1n) is 4.56. The fourth-order valence-corrected chi connectivity index (χ4v) is 1.66. The van der Waals surface area contributed by atoms with Crippen LogP contribution in [0.1, 0.15) is 11.3 Å². The molecule has 2 rings (SSSR count). The molecule has 1 aromatic heterocycles. The van der Waals surface area contributed by atoms with Gasteiger partial charge >= 0.3 is 0 Å². The van der Waals surface area contributed by atoms with Crippen molar-refractivity contribution >= 4 is 21.9 Å². The fourth-order valence-electron chi connectivity index (χ4n) is 1.33. The van der Waals surface area contributed by atoms with Crippen molar-refractivity contribution in [2.24, 2.45) is 0 Å². The van der Waals surface area contributed by atoms with E-state index in [0.29, 0.717) is 5.95 Å². The summed E-state index contributed by atoms with van der Waals surface area (Å²) in [4.78, 5) is 8.09. The summed E-state index contributed by atoms with van der Waals surface area (Å²) < 4.78 is 0.889. The molecule has 4 heteroatoms. The third-order valence-corrected chi connectivity index (χ3v) is 2.71. The highest BCUT2D eigenvalue weighted by Gasteiger charge is 2.04. The summed E-state index contributed by atoms with van der Waals surface area (Å²) in [7, 11) is 0. The first-order chi connectivity index (χ1) is 7.25. The van der Waals surface area contributed by atoms with Crippen molar-refractivity contribution in [2.45, 2.75) is 6.42 Å². The van der Waals surface area contributed by atoms with Gasteiger partial charge in [-0.3, -0.25) is 0 Å². The van der Waals surface area contributed by atoms with E-state index in [-0.39, 0.29) is 0 Å². The second kappa shape index (κ2) is 4.40. The van der Waals surface area contributed by atoms with Crippen molar-refractivity contribution in [2.75, 3.05) is 5.73 Å². The monoisotopic (exact) mass is 263 g/mol. The van der Waals surface area contributed by atoms with Gasteiger partial charge in [-0.05, 0) is 21.5 Å². The third-order valence-electron chi connectivity index (χ3n) is 2.05. The quantitative estimate of drug-likeness (QED) is 0.906. The van der Waals surface area contributed by atoms with Gasteiger partial charge in [-0.25, -0.2) is 9.97 Å². The maximum atomic E-state index is 5.54. The molecule has 0 amide bonds. The largest absolute Gasteiger partial charge is 0.368 e. The minimum absolute atomic E-state index is 0.309. The third kappa shape index (κ3) is 2.53. The van der Waals surface area contributed by atoms with Crippen LogP contribution in [0.2, 0.25) is 0 Å². The van der Waals surface area contributed by atoms with Gasteiger partial charge in [-0.1, -0.05) is 30.3 Å². The number of hydrogen-bond acceptors (Lipinski definition) is 3. The predicted octanol–water partition coefficient (Wildman–Crippen LogP) is 2.41. The van der Waals surface area contributed by atoms with Crippen molar-refractivity contribution < 1.29 is 0 Å². The van der Waals surface area contributed by atoms with Crippen LogP contribution < -0.4 is 5.73 Å². The number of halogens is 1. The number of hydrogen-bond donors (Lipinski definition) is 1. The van der Waals surface area contributed by atoms with E-state index >= 15 is 0 Å². The molecule has 0 fully saturated rings. The molecule has 0 atom stereocenters. The van der Waals surface area contributed by atoms with Gasteiger partial charge in [-0.15, -0.1) is 0 Å². The van der Waals surface area contributed by atoms with Gasteiger partial charge in [0.1, 0.15) is 0 Å². The van der Waals surface area contributed by atoms with Crippen molar-refractivity contribution in [1.82, 2.24) is 9.97 Å². The van der Waals surface area contributed by atoms with E-state index in [0.717, 1.165) is 16.6 Å². The molecule has 1 heterocycles. The Labute approximate surface area is 96.5 Å². The Hall–Kier alpha value is -1.42. The van der Waals surface area contributed by atoms with E-state index < -0.39 is 0 Å². The Morgan fingerprint density at radius 3 is 2.67 bits per heavy atom. The average molecular weight is 264 g/mol. The predicted molar refractivity (Wildman–Crippen MR) is 63.4 cm³/mol. The number of nitrogens with two attached hydrogens (primary N) is 1. The molecule has 0 aliphatic carbocycles. The topological polar surface area (TPSA) is 51.8 Å². The molecule has 3 nitrogen and oxygen atoms in total. The van der Waals surface area contributed by atoms with Gasteiger partial charge in [0.05, 0.1) is 10.2 Å². The Balaban J connectivity index is 2.28. The number of anilines is 1. The van der Waals surface area contributed by atoms with E-state index in [1.165, 1.54) is 5.56 Å². The van der Waals surface area contributed by atoms with E-state index in [1.807, 2.05) is 18.2 Å². The summed E-state index contributed by atoms with van der Waals surface area (Å²) in [5.74, 6) is 0.309. The van der Waals surface area contributed by atoms with E-state index in [1.54, 1.807) is 6.20 Å².